The number of amides is 2. The Hall–Kier alpha value is -2.85. The molecule has 3 N–H and O–H groups in total. The Kier molecular flexibility index (Phi) is 3.65. The molecule has 2 amide bonds. The highest BCUT2D eigenvalue weighted by molar-refractivity contribution is 6.07. The van der Waals surface area contributed by atoms with E-state index in [1.807, 2.05) is 0 Å². The van der Waals surface area contributed by atoms with E-state index in [4.69, 9.17) is 5.73 Å². The Morgan fingerprint density at radius 2 is 1.91 bits per heavy atom. The van der Waals surface area contributed by atoms with Gasteiger partial charge in [-0.05, 0) is 0 Å². The van der Waals surface area contributed by atoms with Gasteiger partial charge in [0.25, 0.3) is 11.8 Å². The molecule has 2 aromatic rings. The maximum atomic E-state index is 12.7. The fourth-order valence-electron chi connectivity index (χ4n) is 1.85. The van der Waals surface area contributed by atoms with Gasteiger partial charge < -0.3 is 11.1 Å². The molecule has 2 heterocycles. The number of anilines is 1. The van der Waals surface area contributed by atoms with Crippen LogP contribution in [0.5, 0.6) is 0 Å². The molecule has 0 fully saturated rings. The van der Waals surface area contributed by atoms with Crippen molar-refractivity contribution in [1.82, 2.24) is 19.6 Å². The molecule has 0 aliphatic heterocycles. The number of nitrogens with two attached hydrogens (primary N) is 1. The van der Waals surface area contributed by atoms with E-state index in [0.717, 1.165) is 17.9 Å². The lowest BCUT2D eigenvalue weighted by Crippen LogP contribution is -2.20. The van der Waals surface area contributed by atoms with Crippen molar-refractivity contribution in [2.75, 3.05) is 5.32 Å². The highest BCUT2D eigenvalue weighted by Crippen LogP contribution is 2.29. The maximum Gasteiger partial charge on any atom is 0.433 e. The SMILES string of the molecule is Cn1nc(C(=O)Nc2cnn(C)c2C(N)=O)cc1C(F)(F)F. The molecular formula is C11H11F3N6O2. The minimum absolute atomic E-state index is 0.0146. The minimum Gasteiger partial charge on any atom is -0.364 e. The van der Waals surface area contributed by atoms with E-state index in [1.165, 1.54) is 7.05 Å². The number of carbonyl (C=O) groups excluding carboxylic acids is 2. The first kappa shape index (κ1) is 15.5. The lowest BCUT2D eigenvalue weighted by molar-refractivity contribution is -0.143. The quantitative estimate of drug-likeness (QED) is 0.860. The van der Waals surface area contributed by atoms with Gasteiger partial charge in [-0.1, -0.05) is 0 Å². The van der Waals surface area contributed by atoms with Crippen LogP contribution in [0.3, 0.4) is 0 Å². The first-order valence-corrected chi connectivity index (χ1v) is 5.85. The molecule has 0 aromatic carbocycles. The van der Waals surface area contributed by atoms with E-state index < -0.39 is 29.4 Å². The molecule has 0 aliphatic carbocycles. The third kappa shape index (κ3) is 2.77. The van der Waals surface area contributed by atoms with Crippen molar-refractivity contribution < 1.29 is 22.8 Å². The highest BCUT2D eigenvalue weighted by Gasteiger charge is 2.35. The Labute approximate surface area is 121 Å². The second kappa shape index (κ2) is 5.16. The number of nitrogens with one attached hydrogen (secondary N) is 1. The van der Waals surface area contributed by atoms with Gasteiger partial charge >= 0.3 is 6.18 Å². The van der Waals surface area contributed by atoms with E-state index in [1.54, 1.807) is 0 Å². The van der Waals surface area contributed by atoms with Crippen LogP contribution in [-0.2, 0) is 20.3 Å². The zero-order chi connectivity index (χ0) is 16.7. The van der Waals surface area contributed by atoms with Crippen LogP contribution >= 0.6 is 0 Å². The van der Waals surface area contributed by atoms with Crippen LogP contribution < -0.4 is 11.1 Å². The van der Waals surface area contributed by atoms with Gasteiger partial charge in [-0.25, -0.2) is 0 Å². The van der Waals surface area contributed by atoms with E-state index in [2.05, 4.69) is 15.5 Å². The fraction of sp³-hybridized carbons (Fsp3) is 0.273. The van der Waals surface area contributed by atoms with E-state index in [0.29, 0.717) is 10.7 Å². The molecule has 118 valence electrons. The number of carbonyl (C=O) groups is 2. The largest absolute Gasteiger partial charge is 0.433 e. The summed E-state index contributed by atoms with van der Waals surface area (Å²) in [5.41, 5.74) is 3.52. The zero-order valence-electron chi connectivity index (χ0n) is 11.5. The van der Waals surface area contributed by atoms with Crippen molar-refractivity contribution in [2.45, 2.75) is 6.18 Å². The van der Waals surface area contributed by atoms with E-state index >= 15 is 0 Å². The van der Waals surface area contributed by atoms with Gasteiger partial charge in [-0.2, -0.15) is 23.4 Å². The minimum atomic E-state index is -4.63. The number of hydrogen-bond acceptors (Lipinski definition) is 4. The fourth-order valence-corrected chi connectivity index (χ4v) is 1.85. The van der Waals surface area contributed by atoms with Crippen molar-refractivity contribution in [3.63, 3.8) is 0 Å². The summed E-state index contributed by atoms with van der Waals surface area (Å²) >= 11 is 0. The third-order valence-electron chi connectivity index (χ3n) is 2.82. The lowest BCUT2D eigenvalue weighted by atomic mass is 10.3. The Morgan fingerprint density at radius 1 is 1.27 bits per heavy atom. The standard InChI is InChI=1S/C11H11F3N6O2/c1-19-7(11(12,13)14)3-5(18-19)10(22)17-6-4-16-20(2)8(6)9(15)21/h3-4H,1-2H3,(H2,15,21)(H,17,22). The Bertz CT molecular complexity index is 746. The summed E-state index contributed by atoms with van der Waals surface area (Å²) in [4.78, 5) is 23.2. The molecule has 0 atom stereocenters. The van der Waals surface area contributed by atoms with Gasteiger partial charge in [-0.3, -0.25) is 19.0 Å². The normalized spacial score (nSPS) is 11.5. The summed E-state index contributed by atoms with van der Waals surface area (Å²) in [5, 5.41) is 9.49. The van der Waals surface area contributed by atoms with Gasteiger partial charge in [0.05, 0.1) is 11.9 Å². The van der Waals surface area contributed by atoms with Crippen LogP contribution in [0, 0.1) is 0 Å². The number of aromatic nitrogens is 4. The topological polar surface area (TPSA) is 108 Å². The first-order chi connectivity index (χ1) is 10.1. The smallest absolute Gasteiger partial charge is 0.364 e. The second-order valence-electron chi connectivity index (χ2n) is 4.39. The van der Waals surface area contributed by atoms with Crippen LogP contribution in [0.2, 0.25) is 0 Å². The number of rotatable bonds is 3. The summed E-state index contributed by atoms with van der Waals surface area (Å²) in [6, 6.07) is 0.607. The summed E-state index contributed by atoms with van der Waals surface area (Å²) in [5.74, 6) is -1.76. The molecule has 0 radical (unpaired) electrons. The molecule has 0 saturated carbocycles. The second-order valence-corrected chi connectivity index (χ2v) is 4.39. The number of alkyl halides is 3. The van der Waals surface area contributed by atoms with Crippen LogP contribution in [0.15, 0.2) is 12.3 Å². The van der Waals surface area contributed by atoms with Crippen LogP contribution in [0.25, 0.3) is 0 Å². The monoisotopic (exact) mass is 316 g/mol. The summed E-state index contributed by atoms with van der Waals surface area (Å²) in [7, 11) is 2.50. The predicted molar refractivity (Wildman–Crippen MR) is 67.9 cm³/mol. The first-order valence-electron chi connectivity index (χ1n) is 5.85. The lowest BCUT2D eigenvalue weighted by Gasteiger charge is -2.04. The molecule has 2 aromatic heterocycles. The van der Waals surface area contributed by atoms with Gasteiger partial charge in [0.2, 0.25) is 0 Å². The van der Waals surface area contributed by atoms with Gasteiger partial charge in [0.15, 0.2) is 5.69 Å². The van der Waals surface area contributed by atoms with Gasteiger partial charge in [-0.15, -0.1) is 0 Å². The number of primary amides is 1. The van der Waals surface area contributed by atoms with Crippen LogP contribution in [0.1, 0.15) is 26.7 Å². The zero-order valence-corrected chi connectivity index (χ0v) is 11.5. The molecule has 22 heavy (non-hydrogen) atoms. The summed E-state index contributed by atoms with van der Waals surface area (Å²) in [6.07, 6.45) is -3.47. The van der Waals surface area contributed by atoms with Crippen molar-refractivity contribution in [3.05, 3.63) is 29.3 Å². The van der Waals surface area contributed by atoms with Crippen molar-refractivity contribution in [1.29, 1.82) is 0 Å². The van der Waals surface area contributed by atoms with Gasteiger partial charge in [0, 0.05) is 20.2 Å². The molecule has 0 aliphatic rings. The molecule has 0 unspecified atom stereocenters. The molecule has 2 rings (SSSR count). The number of halogens is 3. The number of aryl methyl sites for hydroxylation is 2. The Morgan fingerprint density at radius 3 is 2.41 bits per heavy atom. The average Bonchev–Trinajstić information content (AvgIpc) is 2.92. The third-order valence-corrected chi connectivity index (χ3v) is 2.82. The Balaban J connectivity index is 2.29. The number of hydrogen-bond donors (Lipinski definition) is 2. The van der Waals surface area contributed by atoms with Crippen molar-refractivity contribution in [2.24, 2.45) is 19.8 Å². The molecular weight excluding hydrogens is 305 g/mol. The number of nitrogens with zero attached hydrogens (tertiary/aromatic N) is 4. The van der Waals surface area contributed by atoms with Gasteiger partial charge in [0.1, 0.15) is 11.4 Å². The van der Waals surface area contributed by atoms with Crippen molar-refractivity contribution >= 4 is 17.5 Å². The molecule has 8 nitrogen and oxygen atoms in total. The van der Waals surface area contributed by atoms with E-state index in [-0.39, 0.29) is 11.4 Å². The van der Waals surface area contributed by atoms with Crippen LogP contribution in [0.4, 0.5) is 18.9 Å². The molecule has 0 saturated heterocycles. The molecule has 0 bridgehead atoms. The predicted octanol–water partition coefficient (Wildman–Crippen LogP) is 0.524. The van der Waals surface area contributed by atoms with Crippen molar-refractivity contribution in [3.8, 4) is 0 Å². The van der Waals surface area contributed by atoms with Crippen LogP contribution in [-0.4, -0.2) is 31.4 Å². The maximum absolute atomic E-state index is 12.7. The highest BCUT2D eigenvalue weighted by atomic mass is 19.4. The summed E-state index contributed by atoms with van der Waals surface area (Å²) < 4.78 is 39.7. The summed E-state index contributed by atoms with van der Waals surface area (Å²) in [6.45, 7) is 0. The average molecular weight is 316 g/mol. The molecule has 0 spiro atoms. The van der Waals surface area contributed by atoms with E-state index in [9.17, 15) is 22.8 Å². The molecule has 11 heteroatoms.